The maximum atomic E-state index is 13.2. The third kappa shape index (κ3) is 1.31. The highest BCUT2D eigenvalue weighted by Gasteiger charge is 2.48. The van der Waals surface area contributed by atoms with E-state index in [0.717, 1.165) is 25.1 Å². The average Bonchev–Trinajstić information content (AvgIpc) is 2.57. The van der Waals surface area contributed by atoms with Crippen molar-refractivity contribution in [3.8, 4) is 0 Å². The number of hydrogen-bond donors (Lipinski definition) is 0. The van der Waals surface area contributed by atoms with Crippen LogP contribution in [0.15, 0.2) is 11.4 Å². The topological polar surface area (TPSA) is 3.24 Å². The van der Waals surface area contributed by atoms with E-state index in [1.54, 1.807) is 6.92 Å². The monoisotopic (exact) mass is 197 g/mol. The van der Waals surface area contributed by atoms with Crippen LogP contribution in [0.2, 0.25) is 0 Å². The first-order chi connectivity index (χ1) is 6.56. The fourth-order valence-corrected chi connectivity index (χ4v) is 3.14. The molecule has 80 valence electrons. The summed E-state index contributed by atoms with van der Waals surface area (Å²) in [7, 11) is 0. The molecule has 2 saturated heterocycles. The fourth-order valence-electron chi connectivity index (χ4n) is 3.14. The van der Waals surface area contributed by atoms with Gasteiger partial charge in [0.1, 0.15) is 0 Å². The van der Waals surface area contributed by atoms with Crippen molar-refractivity contribution < 1.29 is 4.39 Å². The van der Waals surface area contributed by atoms with Crippen LogP contribution in [0, 0.1) is 5.92 Å². The Labute approximate surface area is 86.0 Å². The molecule has 2 fully saturated rings. The van der Waals surface area contributed by atoms with Gasteiger partial charge in [0, 0.05) is 12.1 Å². The van der Waals surface area contributed by atoms with Gasteiger partial charge in [-0.3, -0.25) is 4.90 Å². The number of allylic oxidation sites excluding steroid dienone is 1. The van der Waals surface area contributed by atoms with Gasteiger partial charge in [0.2, 0.25) is 0 Å². The Morgan fingerprint density at radius 1 is 1.50 bits per heavy atom. The predicted octanol–water partition coefficient (Wildman–Crippen LogP) is 3.12. The highest BCUT2D eigenvalue weighted by Crippen LogP contribution is 2.46. The van der Waals surface area contributed by atoms with Gasteiger partial charge in [-0.15, -0.1) is 0 Å². The molecule has 0 aliphatic carbocycles. The van der Waals surface area contributed by atoms with E-state index in [0.29, 0.717) is 11.5 Å². The summed E-state index contributed by atoms with van der Waals surface area (Å²) in [5.74, 6) is 0.696. The Morgan fingerprint density at radius 3 is 2.71 bits per heavy atom. The first-order valence-electron chi connectivity index (χ1n) is 5.65. The molecule has 2 heteroatoms. The number of nitrogens with zero attached hydrogens (tertiary/aromatic N) is 1. The van der Waals surface area contributed by atoms with E-state index in [2.05, 4.69) is 18.7 Å². The molecule has 2 aliphatic rings. The zero-order valence-electron chi connectivity index (χ0n) is 9.44. The normalized spacial score (nSPS) is 36.6. The molecule has 2 heterocycles. The van der Waals surface area contributed by atoms with Crippen LogP contribution in [0.4, 0.5) is 4.39 Å². The summed E-state index contributed by atoms with van der Waals surface area (Å²) >= 11 is 0. The third-order valence-corrected chi connectivity index (χ3v) is 4.13. The molecule has 0 amide bonds. The Balaban J connectivity index is 2.28. The zero-order valence-corrected chi connectivity index (χ0v) is 9.44. The van der Waals surface area contributed by atoms with E-state index in [1.807, 2.05) is 0 Å². The van der Waals surface area contributed by atoms with E-state index in [4.69, 9.17) is 0 Å². The maximum Gasteiger partial charge on any atom is 0.0974 e. The number of halogens is 1. The minimum Gasteiger partial charge on any atom is -0.293 e. The molecule has 0 radical (unpaired) electrons. The number of hydrogen-bond acceptors (Lipinski definition) is 1. The molecule has 0 aromatic heterocycles. The van der Waals surface area contributed by atoms with Gasteiger partial charge in [-0.05, 0) is 44.2 Å². The second-order valence-corrected chi connectivity index (χ2v) is 5.10. The molecule has 0 aromatic rings. The lowest BCUT2D eigenvalue weighted by Gasteiger charge is -2.35. The van der Waals surface area contributed by atoms with Crippen molar-refractivity contribution in [2.75, 3.05) is 13.1 Å². The summed E-state index contributed by atoms with van der Waals surface area (Å²) in [6, 6.07) is 0. The van der Waals surface area contributed by atoms with Gasteiger partial charge in [-0.25, -0.2) is 4.39 Å². The van der Waals surface area contributed by atoms with E-state index < -0.39 is 0 Å². The summed E-state index contributed by atoms with van der Waals surface area (Å²) < 4.78 is 13.2. The van der Waals surface area contributed by atoms with Crippen LogP contribution in [0.25, 0.3) is 0 Å². The van der Waals surface area contributed by atoms with Gasteiger partial charge in [0.25, 0.3) is 0 Å². The Hall–Kier alpha value is -0.370. The van der Waals surface area contributed by atoms with Gasteiger partial charge in [-0.1, -0.05) is 13.8 Å². The molecule has 1 unspecified atom stereocenters. The summed E-state index contributed by atoms with van der Waals surface area (Å²) in [5.41, 5.74) is 1.33. The average molecular weight is 197 g/mol. The smallest absolute Gasteiger partial charge is 0.0974 e. The molecule has 2 rings (SSSR count). The lowest BCUT2D eigenvalue weighted by Crippen LogP contribution is -2.42. The minimum absolute atomic E-state index is 0.0550. The largest absolute Gasteiger partial charge is 0.293 e. The predicted molar refractivity (Wildman–Crippen MR) is 56.8 cm³/mol. The van der Waals surface area contributed by atoms with Crippen LogP contribution in [-0.4, -0.2) is 23.5 Å². The molecule has 14 heavy (non-hydrogen) atoms. The lowest BCUT2D eigenvalue weighted by molar-refractivity contribution is 0.136. The van der Waals surface area contributed by atoms with Gasteiger partial charge in [-0.2, -0.15) is 0 Å². The molecule has 1 nitrogen and oxygen atoms in total. The van der Waals surface area contributed by atoms with Crippen LogP contribution >= 0.6 is 0 Å². The second-order valence-electron chi connectivity index (χ2n) is 5.10. The molecule has 0 bridgehead atoms. The van der Waals surface area contributed by atoms with Crippen molar-refractivity contribution in [1.29, 1.82) is 0 Å². The summed E-state index contributed by atoms with van der Waals surface area (Å²) in [6.07, 6.45) is 3.51. The fraction of sp³-hybridized carbons (Fsp3) is 0.833. The number of rotatable bonds is 1. The van der Waals surface area contributed by atoms with Crippen molar-refractivity contribution in [1.82, 2.24) is 4.90 Å². The Bertz CT molecular complexity index is 265. The van der Waals surface area contributed by atoms with Crippen LogP contribution in [0.5, 0.6) is 0 Å². The molecule has 0 spiro atoms. The maximum absolute atomic E-state index is 13.2. The van der Waals surface area contributed by atoms with E-state index in [-0.39, 0.29) is 5.83 Å². The third-order valence-electron chi connectivity index (χ3n) is 4.13. The van der Waals surface area contributed by atoms with E-state index >= 15 is 0 Å². The molecule has 0 saturated carbocycles. The summed E-state index contributed by atoms with van der Waals surface area (Å²) in [6.45, 7) is 8.19. The summed E-state index contributed by atoms with van der Waals surface area (Å²) in [4.78, 5) is 2.50. The highest BCUT2D eigenvalue weighted by atomic mass is 19.1. The Morgan fingerprint density at radius 2 is 2.21 bits per heavy atom. The van der Waals surface area contributed by atoms with E-state index in [1.165, 1.54) is 12.8 Å². The Kier molecular flexibility index (Phi) is 2.42. The van der Waals surface area contributed by atoms with Crippen molar-refractivity contribution in [2.24, 2.45) is 5.92 Å². The second kappa shape index (κ2) is 3.34. The van der Waals surface area contributed by atoms with Gasteiger partial charge in [0.05, 0.1) is 5.83 Å². The van der Waals surface area contributed by atoms with E-state index in [9.17, 15) is 4.39 Å². The SMILES string of the molecule is C/C(F)=C1/CN2CCCC2(C(C)C)C1. The molecule has 2 aliphatic heterocycles. The zero-order chi connectivity index (χ0) is 10.3. The van der Waals surface area contributed by atoms with Crippen molar-refractivity contribution in [3.63, 3.8) is 0 Å². The highest BCUT2D eigenvalue weighted by molar-refractivity contribution is 5.23. The molecule has 0 aromatic carbocycles. The number of fused-ring (bicyclic) bond motifs is 1. The molecular formula is C12H20FN. The van der Waals surface area contributed by atoms with Gasteiger partial charge in [0.15, 0.2) is 0 Å². The first-order valence-corrected chi connectivity index (χ1v) is 5.65. The summed E-state index contributed by atoms with van der Waals surface area (Å²) in [5, 5.41) is 0. The molecule has 0 N–H and O–H groups in total. The first kappa shape index (κ1) is 10.2. The van der Waals surface area contributed by atoms with Crippen LogP contribution < -0.4 is 0 Å². The molecular weight excluding hydrogens is 177 g/mol. The van der Waals surface area contributed by atoms with Crippen LogP contribution in [0.3, 0.4) is 0 Å². The van der Waals surface area contributed by atoms with Gasteiger partial charge >= 0.3 is 0 Å². The lowest BCUT2D eigenvalue weighted by atomic mass is 9.82. The quantitative estimate of drug-likeness (QED) is 0.624. The van der Waals surface area contributed by atoms with Crippen LogP contribution in [-0.2, 0) is 0 Å². The van der Waals surface area contributed by atoms with Crippen molar-refractivity contribution in [3.05, 3.63) is 11.4 Å². The van der Waals surface area contributed by atoms with Crippen molar-refractivity contribution >= 4 is 0 Å². The van der Waals surface area contributed by atoms with Crippen molar-refractivity contribution in [2.45, 2.75) is 45.6 Å². The minimum atomic E-state index is 0.0550. The van der Waals surface area contributed by atoms with Gasteiger partial charge < -0.3 is 0 Å². The van der Waals surface area contributed by atoms with Crippen LogP contribution in [0.1, 0.15) is 40.0 Å². The molecule has 1 atom stereocenters. The standard InChI is InChI=1S/C12H20FN/c1-9(2)12-5-4-6-14(12)8-11(7-12)10(3)13/h9H,4-8H2,1-3H3/b11-10-.